The van der Waals surface area contributed by atoms with Crippen molar-refractivity contribution in [2.45, 2.75) is 69.5 Å². The lowest BCUT2D eigenvalue weighted by Crippen LogP contribution is -2.61. The minimum Gasteiger partial charge on any atom is -0.370 e. The molecule has 6 N–H and O–H groups in total. The van der Waals surface area contributed by atoms with Crippen molar-refractivity contribution in [2.75, 3.05) is 26.7 Å². The Hall–Kier alpha value is -1.67. The predicted octanol–water partition coefficient (Wildman–Crippen LogP) is -0.0337. The molecule has 0 radical (unpaired) electrons. The molecule has 1 heterocycles. The fourth-order valence-electron chi connectivity index (χ4n) is 4.18. The standard InChI is InChI=1S/C19H36N6O2/c1-22-17(14-6-3-2-4-7-14)18(27)25-11-9-16(25)12-24-15(13-26)8-5-10-23-19(20)21/h13-17,22,24H,2-12H2,1H3,(H4,20,21,23)/t15?,16?,17-/m1/s1. The third-order valence-electron chi connectivity index (χ3n) is 5.87. The molecule has 1 aliphatic carbocycles. The van der Waals surface area contributed by atoms with Gasteiger partial charge in [0.1, 0.15) is 6.29 Å². The maximum Gasteiger partial charge on any atom is 0.240 e. The molecule has 8 nitrogen and oxygen atoms in total. The van der Waals surface area contributed by atoms with Crippen LogP contribution in [0.4, 0.5) is 0 Å². The van der Waals surface area contributed by atoms with Crippen LogP contribution < -0.4 is 22.1 Å². The summed E-state index contributed by atoms with van der Waals surface area (Å²) in [4.78, 5) is 30.2. The zero-order chi connectivity index (χ0) is 19.6. The average Bonchev–Trinajstić information content (AvgIpc) is 2.64. The lowest BCUT2D eigenvalue weighted by molar-refractivity contribution is -0.142. The van der Waals surface area contributed by atoms with E-state index in [1.807, 2.05) is 11.9 Å². The van der Waals surface area contributed by atoms with Gasteiger partial charge in [-0.05, 0) is 45.1 Å². The minimum absolute atomic E-state index is 0.0745. The molecule has 0 bridgehead atoms. The largest absolute Gasteiger partial charge is 0.370 e. The minimum atomic E-state index is -0.227. The van der Waals surface area contributed by atoms with Gasteiger partial charge in [-0.3, -0.25) is 9.79 Å². The number of carbonyl (C=O) groups is 2. The van der Waals surface area contributed by atoms with Crippen LogP contribution in [0.5, 0.6) is 0 Å². The van der Waals surface area contributed by atoms with E-state index in [2.05, 4.69) is 15.6 Å². The number of likely N-dealkylation sites (tertiary alicyclic amines) is 1. The van der Waals surface area contributed by atoms with Crippen LogP contribution in [0.1, 0.15) is 51.4 Å². The molecule has 2 aliphatic rings. The van der Waals surface area contributed by atoms with Gasteiger partial charge in [-0.2, -0.15) is 0 Å². The molecular formula is C19H36N6O2. The fourth-order valence-corrected chi connectivity index (χ4v) is 4.18. The average molecular weight is 381 g/mol. The predicted molar refractivity (Wildman–Crippen MR) is 107 cm³/mol. The normalized spacial score (nSPS) is 22.6. The van der Waals surface area contributed by atoms with Crippen molar-refractivity contribution in [3.05, 3.63) is 0 Å². The first-order valence-electron chi connectivity index (χ1n) is 10.3. The van der Waals surface area contributed by atoms with Crippen LogP contribution in [-0.4, -0.2) is 67.9 Å². The van der Waals surface area contributed by atoms with Crippen LogP contribution >= 0.6 is 0 Å². The van der Waals surface area contributed by atoms with E-state index in [9.17, 15) is 9.59 Å². The van der Waals surface area contributed by atoms with Crippen molar-refractivity contribution in [1.29, 1.82) is 0 Å². The molecule has 0 aromatic rings. The molecular weight excluding hydrogens is 344 g/mol. The van der Waals surface area contributed by atoms with Crippen molar-refractivity contribution in [2.24, 2.45) is 22.4 Å². The Morgan fingerprint density at radius 3 is 2.56 bits per heavy atom. The number of nitrogens with one attached hydrogen (secondary N) is 2. The van der Waals surface area contributed by atoms with Gasteiger partial charge < -0.3 is 31.8 Å². The highest BCUT2D eigenvalue weighted by molar-refractivity contribution is 5.83. The van der Waals surface area contributed by atoms with Crippen LogP contribution in [0.15, 0.2) is 4.99 Å². The number of amides is 1. The Morgan fingerprint density at radius 2 is 2.00 bits per heavy atom. The van der Waals surface area contributed by atoms with Gasteiger partial charge in [-0.1, -0.05) is 19.3 Å². The third kappa shape index (κ3) is 6.46. The van der Waals surface area contributed by atoms with E-state index in [1.165, 1.54) is 19.3 Å². The summed E-state index contributed by atoms with van der Waals surface area (Å²) in [5.41, 5.74) is 10.6. The molecule has 2 fully saturated rings. The molecule has 1 aliphatic heterocycles. The maximum absolute atomic E-state index is 13.0. The van der Waals surface area contributed by atoms with E-state index in [1.54, 1.807) is 0 Å². The van der Waals surface area contributed by atoms with E-state index in [4.69, 9.17) is 11.5 Å². The second-order valence-corrected chi connectivity index (χ2v) is 7.74. The highest BCUT2D eigenvalue weighted by atomic mass is 16.2. The van der Waals surface area contributed by atoms with Gasteiger partial charge in [0.2, 0.25) is 5.91 Å². The van der Waals surface area contributed by atoms with Crippen molar-refractivity contribution in [1.82, 2.24) is 15.5 Å². The van der Waals surface area contributed by atoms with Gasteiger partial charge in [0.15, 0.2) is 5.96 Å². The number of guanidine groups is 1. The highest BCUT2D eigenvalue weighted by Crippen LogP contribution is 2.29. The van der Waals surface area contributed by atoms with Crippen molar-refractivity contribution >= 4 is 18.2 Å². The monoisotopic (exact) mass is 380 g/mol. The van der Waals surface area contributed by atoms with Gasteiger partial charge >= 0.3 is 0 Å². The van der Waals surface area contributed by atoms with E-state index < -0.39 is 0 Å². The maximum atomic E-state index is 13.0. The van der Waals surface area contributed by atoms with Gasteiger partial charge in [0.25, 0.3) is 0 Å². The topological polar surface area (TPSA) is 126 Å². The summed E-state index contributed by atoms with van der Waals surface area (Å²) in [5.74, 6) is 0.743. The molecule has 1 amide bonds. The van der Waals surface area contributed by atoms with Crippen LogP contribution in [0.3, 0.4) is 0 Å². The lowest BCUT2D eigenvalue weighted by atomic mass is 9.82. The van der Waals surface area contributed by atoms with E-state index in [0.717, 1.165) is 38.5 Å². The Labute approximate surface area is 162 Å². The summed E-state index contributed by atoms with van der Waals surface area (Å²) in [5, 5.41) is 6.55. The van der Waals surface area contributed by atoms with Crippen LogP contribution in [0, 0.1) is 5.92 Å². The zero-order valence-electron chi connectivity index (χ0n) is 16.5. The number of carbonyl (C=O) groups excluding carboxylic acids is 2. The SMILES string of the molecule is CN[C@@H](C(=O)N1CCC1CNC(C=O)CCCN=C(N)N)C1CCCCC1. The summed E-state index contributed by atoms with van der Waals surface area (Å²) >= 11 is 0. The quantitative estimate of drug-likeness (QED) is 0.173. The highest BCUT2D eigenvalue weighted by Gasteiger charge is 2.38. The number of hydrogen-bond acceptors (Lipinski definition) is 5. The summed E-state index contributed by atoms with van der Waals surface area (Å²) in [6.07, 6.45) is 9.34. The Balaban J connectivity index is 1.77. The number of aldehydes is 1. The number of nitrogens with two attached hydrogens (primary N) is 2. The lowest BCUT2D eigenvalue weighted by Gasteiger charge is -2.44. The number of nitrogens with zero attached hydrogens (tertiary/aromatic N) is 2. The summed E-state index contributed by atoms with van der Waals surface area (Å²) in [6, 6.07) is -0.123. The van der Waals surface area contributed by atoms with Gasteiger partial charge in [0.05, 0.1) is 12.1 Å². The van der Waals surface area contributed by atoms with Crippen molar-refractivity contribution < 1.29 is 9.59 Å². The number of rotatable bonds is 11. The smallest absolute Gasteiger partial charge is 0.240 e. The van der Waals surface area contributed by atoms with E-state index >= 15 is 0 Å². The molecule has 2 rings (SSSR count). The summed E-state index contributed by atoms with van der Waals surface area (Å²) in [7, 11) is 1.89. The first kappa shape index (κ1) is 21.6. The second kappa shape index (κ2) is 11.2. The van der Waals surface area contributed by atoms with Crippen molar-refractivity contribution in [3.8, 4) is 0 Å². The Kier molecular flexibility index (Phi) is 9.00. The fraction of sp³-hybridized carbons (Fsp3) is 0.842. The molecule has 27 heavy (non-hydrogen) atoms. The van der Waals surface area contributed by atoms with Crippen LogP contribution in [0.2, 0.25) is 0 Å². The zero-order valence-corrected chi connectivity index (χ0v) is 16.5. The summed E-state index contributed by atoms with van der Waals surface area (Å²) < 4.78 is 0. The van der Waals surface area contributed by atoms with E-state index in [0.29, 0.717) is 25.4 Å². The van der Waals surface area contributed by atoms with Crippen LogP contribution in [0.25, 0.3) is 0 Å². The molecule has 154 valence electrons. The van der Waals surface area contributed by atoms with E-state index in [-0.39, 0.29) is 30.0 Å². The Bertz CT molecular complexity index is 502. The Morgan fingerprint density at radius 1 is 1.26 bits per heavy atom. The number of aliphatic imine (C=N–C) groups is 1. The summed E-state index contributed by atoms with van der Waals surface area (Å²) in [6.45, 7) is 1.98. The van der Waals surface area contributed by atoms with Crippen LogP contribution in [-0.2, 0) is 9.59 Å². The molecule has 0 aromatic carbocycles. The molecule has 1 saturated heterocycles. The second-order valence-electron chi connectivity index (χ2n) is 7.74. The molecule has 3 atom stereocenters. The molecule has 2 unspecified atom stereocenters. The van der Waals surface area contributed by atoms with Gasteiger partial charge in [0, 0.05) is 25.7 Å². The van der Waals surface area contributed by atoms with Crippen molar-refractivity contribution in [3.63, 3.8) is 0 Å². The first-order chi connectivity index (χ1) is 13.1. The van der Waals surface area contributed by atoms with Gasteiger partial charge in [-0.15, -0.1) is 0 Å². The molecule has 8 heteroatoms. The first-order valence-corrected chi connectivity index (χ1v) is 10.3. The number of hydrogen-bond donors (Lipinski definition) is 4. The van der Waals surface area contributed by atoms with Gasteiger partial charge in [-0.25, -0.2) is 0 Å². The molecule has 1 saturated carbocycles. The molecule has 0 aromatic heterocycles. The number of likely N-dealkylation sites (N-methyl/N-ethyl adjacent to an activating group) is 1. The molecule has 0 spiro atoms. The third-order valence-corrected chi connectivity index (χ3v) is 5.87.